The van der Waals surface area contributed by atoms with Gasteiger partial charge >= 0.3 is 6.18 Å². The van der Waals surface area contributed by atoms with Crippen LogP contribution in [0.15, 0.2) is 30.3 Å². The highest BCUT2D eigenvalue weighted by Gasteiger charge is 2.28. The molecule has 2 amide bonds. The summed E-state index contributed by atoms with van der Waals surface area (Å²) in [6, 6.07) is 7.19. The van der Waals surface area contributed by atoms with Crippen molar-refractivity contribution in [3.05, 3.63) is 47.3 Å². The third kappa shape index (κ3) is 6.81. The number of carbonyl (C=O) groups is 2. The molecule has 2 N–H and O–H groups in total. The molecule has 1 unspecified atom stereocenters. The predicted octanol–water partition coefficient (Wildman–Crippen LogP) is 3.11. The average molecular weight is 412 g/mol. The van der Waals surface area contributed by atoms with E-state index in [1.165, 1.54) is 16.8 Å². The minimum atomic E-state index is -4.43. The van der Waals surface area contributed by atoms with Gasteiger partial charge in [0.25, 0.3) is 5.91 Å². The lowest BCUT2D eigenvalue weighted by Gasteiger charge is -2.15. The summed E-state index contributed by atoms with van der Waals surface area (Å²) >= 11 is 0. The SMILES string of the molecule is CCC(=O)NCn1nc(C(=O)NC(C)c2cccc(OCC(F)(F)F)c2)cc1C. The Bertz CT molecular complexity index is 865. The fraction of sp³-hybridized carbons (Fsp3) is 0.421. The van der Waals surface area contributed by atoms with Crippen molar-refractivity contribution in [3.63, 3.8) is 0 Å². The van der Waals surface area contributed by atoms with E-state index in [0.29, 0.717) is 17.7 Å². The number of aromatic nitrogens is 2. The van der Waals surface area contributed by atoms with Crippen LogP contribution in [0.3, 0.4) is 0 Å². The third-order valence-electron chi connectivity index (χ3n) is 4.07. The Hall–Kier alpha value is -3.04. The molecule has 1 heterocycles. The monoisotopic (exact) mass is 412 g/mol. The van der Waals surface area contributed by atoms with E-state index in [9.17, 15) is 22.8 Å². The lowest BCUT2D eigenvalue weighted by Crippen LogP contribution is -2.28. The zero-order valence-corrected chi connectivity index (χ0v) is 16.3. The third-order valence-corrected chi connectivity index (χ3v) is 4.07. The molecule has 29 heavy (non-hydrogen) atoms. The van der Waals surface area contributed by atoms with Gasteiger partial charge in [-0.3, -0.25) is 9.59 Å². The van der Waals surface area contributed by atoms with Crippen molar-refractivity contribution in [2.75, 3.05) is 6.61 Å². The van der Waals surface area contributed by atoms with Gasteiger partial charge in [0, 0.05) is 12.1 Å². The molecule has 10 heteroatoms. The van der Waals surface area contributed by atoms with E-state index >= 15 is 0 Å². The first-order valence-corrected chi connectivity index (χ1v) is 9.00. The number of alkyl halides is 3. The normalized spacial score (nSPS) is 12.3. The van der Waals surface area contributed by atoms with Gasteiger partial charge in [-0.25, -0.2) is 4.68 Å². The molecule has 0 aliphatic rings. The highest BCUT2D eigenvalue weighted by atomic mass is 19.4. The molecule has 7 nitrogen and oxygen atoms in total. The molecule has 158 valence electrons. The maximum Gasteiger partial charge on any atom is 0.422 e. The van der Waals surface area contributed by atoms with Gasteiger partial charge in [0.2, 0.25) is 5.91 Å². The lowest BCUT2D eigenvalue weighted by molar-refractivity contribution is -0.153. The molecule has 2 aromatic rings. The number of hydrogen-bond acceptors (Lipinski definition) is 4. The zero-order valence-electron chi connectivity index (χ0n) is 16.3. The molecule has 0 bridgehead atoms. The summed E-state index contributed by atoms with van der Waals surface area (Å²) in [5.74, 6) is -0.511. The maximum absolute atomic E-state index is 12.5. The van der Waals surface area contributed by atoms with Gasteiger partial charge in [0.15, 0.2) is 12.3 Å². The van der Waals surface area contributed by atoms with E-state index in [2.05, 4.69) is 15.7 Å². The van der Waals surface area contributed by atoms with E-state index in [0.717, 1.165) is 0 Å². The fourth-order valence-corrected chi connectivity index (χ4v) is 2.46. The summed E-state index contributed by atoms with van der Waals surface area (Å²) in [5.41, 5.74) is 1.45. The number of ether oxygens (including phenoxy) is 1. The number of benzene rings is 1. The topological polar surface area (TPSA) is 85.2 Å². The lowest BCUT2D eigenvalue weighted by atomic mass is 10.1. The summed E-state index contributed by atoms with van der Waals surface area (Å²) in [6.07, 6.45) is -4.08. The standard InChI is InChI=1S/C19H23F3N4O3/c1-4-17(27)23-11-26-12(2)8-16(25-26)18(28)24-13(3)14-6-5-7-15(9-14)29-10-19(20,21)22/h5-9,13H,4,10-11H2,1-3H3,(H,23,27)(H,24,28). The molecule has 1 aromatic heterocycles. The maximum atomic E-state index is 12.5. The highest BCUT2D eigenvalue weighted by molar-refractivity contribution is 5.92. The zero-order chi connectivity index (χ0) is 21.6. The average Bonchev–Trinajstić information content (AvgIpc) is 3.05. The van der Waals surface area contributed by atoms with Crippen molar-refractivity contribution in [2.24, 2.45) is 0 Å². The van der Waals surface area contributed by atoms with E-state index in [1.54, 1.807) is 39.0 Å². The molecule has 2 rings (SSSR count). The Kier molecular flexibility index (Phi) is 7.24. The van der Waals surface area contributed by atoms with Crippen LogP contribution in [-0.4, -0.2) is 34.4 Å². The summed E-state index contributed by atoms with van der Waals surface area (Å²) in [6.45, 7) is 3.95. The van der Waals surface area contributed by atoms with Crippen molar-refractivity contribution in [3.8, 4) is 5.75 Å². The van der Waals surface area contributed by atoms with E-state index in [-0.39, 0.29) is 24.0 Å². The van der Waals surface area contributed by atoms with Crippen molar-refractivity contribution < 1.29 is 27.5 Å². The Morgan fingerprint density at radius 3 is 2.66 bits per heavy atom. The number of aryl methyl sites for hydroxylation is 1. The molecule has 0 aliphatic carbocycles. The highest BCUT2D eigenvalue weighted by Crippen LogP contribution is 2.22. The fourth-order valence-electron chi connectivity index (χ4n) is 2.46. The molecule has 1 aromatic carbocycles. The van der Waals surface area contributed by atoms with E-state index in [1.807, 2.05) is 0 Å². The molecule has 0 spiro atoms. The second-order valence-corrected chi connectivity index (χ2v) is 6.45. The largest absolute Gasteiger partial charge is 0.484 e. The minimum Gasteiger partial charge on any atom is -0.484 e. The Balaban J connectivity index is 2.01. The summed E-state index contributed by atoms with van der Waals surface area (Å²) < 4.78 is 43.1. The number of halogens is 3. The quantitative estimate of drug-likeness (QED) is 0.698. The molecular formula is C19H23F3N4O3. The molecule has 0 saturated carbocycles. The van der Waals surface area contributed by atoms with Crippen molar-refractivity contribution in [2.45, 2.75) is 46.1 Å². The number of amides is 2. The van der Waals surface area contributed by atoms with Crippen LogP contribution in [0.1, 0.15) is 48.1 Å². The van der Waals surface area contributed by atoms with Crippen molar-refractivity contribution in [1.29, 1.82) is 0 Å². The molecule has 0 radical (unpaired) electrons. The second-order valence-electron chi connectivity index (χ2n) is 6.45. The second kappa shape index (κ2) is 9.44. The van der Waals surface area contributed by atoms with Crippen LogP contribution in [0, 0.1) is 6.92 Å². The van der Waals surface area contributed by atoms with Gasteiger partial charge in [0.05, 0.1) is 6.04 Å². The predicted molar refractivity (Wildman–Crippen MR) is 99.3 cm³/mol. The van der Waals surface area contributed by atoms with Crippen LogP contribution in [0.5, 0.6) is 5.75 Å². The first kappa shape index (κ1) is 22.3. The van der Waals surface area contributed by atoms with E-state index in [4.69, 9.17) is 4.74 Å². The van der Waals surface area contributed by atoms with Crippen LogP contribution in [0.4, 0.5) is 13.2 Å². The van der Waals surface area contributed by atoms with Crippen LogP contribution in [0.2, 0.25) is 0 Å². The number of rotatable bonds is 8. The molecule has 0 aliphatic heterocycles. The Labute approximate surface area is 166 Å². The molecule has 0 saturated heterocycles. The van der Waals surface area contributed by atoms with Crippen molar-refractivity contribution in [1.82, 2.24) is 20.4 Å². The Morgan fingerprint density at radius 2 is 2.00 bits per heavy atom. The van der Waals surface area contributed by atoms with Gasteiger partial charge in [-0.1, -0.05) is 19.1 Å². The summed E-state index contributed by atoms with van der Waals surface area (Å²) in [5, 5.41) is 9.60. The Morgan fingerprint density at radius 1 is 1.28 bits per heavy atom. The van der Waals surface area contributed by atoms with Crippen molar-refractivity contribution >= 4 is 11.8 Å². The van der Waals surface area contributed by atoms with Crippen LogP contribution >= 0.6 is 0 Å². The smallest absolute Gasteiger partial charge is 0.422 e. The van der Waals surface area contributed by atoms with Gasteiger partial charge < -0.3 is 15.4 Å². The van der Waals surface area contributed by atoms with Gasteiger partial charge in [-0.15, -0.1) is 0 Å². The minimum absolute atomic E-state index is 0.0627. The summed E-state index contributed by atoms with van der Waals surface area (Å²) in [4.78, 5) is 23.8. The number of nitrogens with one attached hydrogen (secondary N) is 2. The first-order chi connectivity index (χ1) is 13.6. The van der Waals surface area contributed by atoms with E-state index < -0.39 is 24.7 Å². The van der Waals surface area contributed by atoms with Crippen LogP contribution in [-0.2, 0) is 11.5 Å². The van der Waals surface area contributed by atoms with Gasteiger partial charge in [0.1, 0.15) is 12.4 Å². The van der Waals surface area contributed by atoms with Gasteiger partial charge in [-0.2, -0.15) is 18.3 Å². The molecule has 0 fully saturated rings. The molecular weight excluding hydrogens is 389 g/mol. The summed E-state index contributed by atoms with van der Waals surface area (Å²) in [7, 11) is 0. The number of carbonyl (C=O) groups excluding carboxylic acids is 2. The van der Waals surface area contributed by atoms with Crippen LogP contribution in [0.25, 0.3) is 0 Å². The van der Waals surface area contributed by atoms with Crippen LogP contribution < -0.4 is 15.4 Å². The molecule has 1 atom stereocenters. The number of nitrogens with zero attached hydrogens (tertiary/aromatic N) is 2. The number of hydrogen-bond donors (Lipinski definition) is 2. The van der Waals surface area contributed by atoms with Gasteiger partial charge in [-0.05, 0) is 37.6 Å². The first-order valence-electron chi connectivity index (χ1n) is 9.00.